The van der Waals surface area contributed by atoms with Gasteiger partial charge in [-0.1, -0.05) is 19.9 Å². The number of nitrogens with zero attached hydrogens (tertiary/aromatic N) is 2. The van der Waals surface area contributed by atoms with Crippen molar-refractivity contribution in [2.75, 3.05) is 18.0 Å². The van der Waals surface area contributed by atoms with Crippen LogP contribution in [0, 0.1) is 5.41 Å². The summed E-state index contributed by atoms with van der Waals surface area (Å²) >= 11 is 0. The molecule has 3 rings (SSSR count). The topological polar surface area (TPSA) is 42.1 Å². The Morgan fingerprint density at radius 1 is 1.29 bits per heavy atom. The molecule has 0 amide bonds. The monoisotopic (exact) mass is 231 g/mol. The highest BCUT2D eigenvalue weighted by Gasteiger charge is 2.60. The van der Waals surface area contributed by atoms with E-state index in [-0.39, 0.29) is 11.0 Å². The SMILES string of the molecule is CC1(C)CC1(N)c1cccnc1N1CCCC1. The van der Waals surface area contributed by atoms with Crippen LogP contribution in [0.4, 0.5) is 5.82 Å². The zero-order valence-corrected chi connectivity index (χ0v) is 10.7. The minimum atomic E-state index is -0.167. The number of pyridine rings is 1. The number of hydrogen-bond acceptors (Lipinski definition) is 3. The molecule has 0 spiro atoms. The fourth-order valence-electron chi connectivity index (χ4n) is 3.04. The van der Waals surface area contributed by atoms with Gasteiger partial charge in [-0.25, -0.2) is 4.98 Å². The lowest BCUT2D eigenvalue weighted by molar-refractivity contribution is 0.508. The van der Waals surface area contributed by atoms with Crippen LogP contribution in [0.3, 0.4) is 0 Å². The average Bonchev–Trinajstić information content (AvgIpc) is 2.74. The van der Waals surface area contributed by atoms with E-state index >= 15 is 0 Å². The second-order valence-corrected chi connectivity index (χ2v) is 6.10. The minimum Gasteiger partial charge on any atom is -0.356 e. The second-order valence-electron chi connectivity index (χ2n) is 6.10. The van der Waals surface area contributed by atoms with Gasteiger partial charge in [0.1, 0.15) is 5.82 Å². The van der Waals surface area contributed by atoms with Gasteiger partial charge in [0.2, 0.25) is 0 Å². The molecule has 2 fully saturated rings. The molecule has 1 aromatic rings. The van der Waals surface area contributed by atoms with Gasteiger partial charge in [-0.05, 0) is 30.7 Å². The summed E-state index contributed by atoms with van der Waals surface area (Å²) in [6, 6.07) is 4.17. The molecule has 2 aliphatic rings. The van der Waals surface area contributed by atoms with Crippen molar-refractivity contribution in [2.24, 2.45) is 11.1 Å². The van der Waals surface area contributed by atoms with E-state index in [0.717, 1.165) is 25.3 Å². The maximum atomic E-state index is 6.55. The summed E-state index contributed by atoms with van der Waals surface area (Å²) in [5.41, 5.74) is 7.84. The number of aromatic nitrogens is 1. The lowest BCUT2D eigenvalue weighted by Gasteiger charge is -2.24. The van der Waals surface area contributed by atoms with Gasteiger partial charge >= 0.3 is 0 Å². The summed E-state index contributed by atoms with van der Waals surface area (Å²) < 4.78 is 0. The number of rotatable bonds is 2. The largest absolute Gasteiger partial charge is 0.356 e. The fraction of sp³-hybridized carbons (Fsp3) is 0.643. The van der Waals surface area contributed by atoms with Gasteiger partial charge in [-0.3, -0.25) is 0 Å². The van der Waals surface area contributed by atoms with Gasteiger partial charge in [-0.15, -0.1) is 0 Å². The molecular formula is C14H21N3. The third-order valence-corrected chi connectivity index (χ3v) is 4.48. The van der Waals surface area contributed by atoms with Crippen LogP contribution in [0.1, 0.15) is 38.7 Å². The molecule has 0 radical (unpaired) electrons. The Morgan fingerprint density at radius 3 is 2.53 bits per heavy atom. The molecule has 1 saturated carbocycles. The third kappa shape index (κ3) is 1.56. The minimum absolute atomic E-state index is 0.167. The Bertz CT molecular complexity index is 435. The molecule has 2 heterocycles. The van der Waals surface area contributed by atoms with Crippen LogP contribution >= 0.6 is 0 Å². The van der Waals surface area contributed by atoms with Gasteiger partial charge in [0.15, 0.2) is 0 Å². The quantitative estimate of drug-likeness (QED) is 0.849. The third-order valence-electron chi connectivity index (χ3n) is 4.48. The molecule has 2 N–H and O–H groups in total. The van der Waals surface area contributed by atoms with E-state index in [2.05, 4.69) is 29.8 Å². The number of anilines is 1. The van der Waals surface area contributed by atoms with Gasteiger partial charge in [0.05, 0.1) is 5.54 Å². The molecule has 1 aliphatic carbocycles. The average molecular weight is 231 g/mol. The Kier molecular flexibility index (Phi) is 2.24. The van der Waals surface area contributed by atoms with Crippen LogP contribution in [-0.4, -0.2) is 18.1 Å². The van der Waals surface area contributed by atoms with Crippen molar-refractivity contribution in [1.29, 1.82) is 0 Å². The highest BCUT2D eigenvalue weighted by Crippen LogP contribution is 2.61. The Hall–Kier alpha value is -1.09. The summed E-state index contributed by atoms with van der Waals surface area (Å²) in [5, 5.41) is 0. The first kappa shape index (κ1) is 11.0. The van der Waals surface area contributed by atoms with E-state index in [4.69, 9.17) is 5.73 Å². The summed E-state index contributed by atoms with van der Waals surface area (Å²) in [7, 11) is 0. The Balaban J connectivity index is 2.00. The van der Waals surface area contributed by atoms with E-state index < -0.39 is 0 Å². The first-order valence-corrected chi connectivity index (χ1v) is 6.54. The zero-order chi connectivity index (χ0) is 12.1. The van der Waals surface area contributed by atoms with Crippen LogP contribution in [-0.2, 0) is 5.54 Å². The highest BCUT2D eigenvalue weighted by atomic mass is 15.2. The summed E-state index contributed by atoms with van der Waals surface area (Å²) in [5.74, 6) is 1.12. The predicted octanol–water partition coefficient (Wildman–Crippen LogP) is 2.27. The maximum Gasteiger partial charge on any atom is 0.133 e. The van der Waals surface area contributed by atoms with E-state index in [0.29, 0.717) is 0 Å². The molecule has 3 heteroatoms. The molecular weight excluding hydrogens is 210 g/mol. The second kappa shape index (κ2) is 3.45. The van der Waals surface area contributed by atoms with E-state index in [1.54, 1.807) is 0 Å². The van der Waals surface area contributed by atoms with Gasteiger partial charge in [-0.2, -0.15) is 0 Å². The lowest BCUT2D eigenvalue weighted by atomic mass is 9.97. The predicted molar refractivity (Wildman–Crippen MR) is 69.9 cm³/mol. The zero-order valence-electron chi connectivity index (χ0n) is 10.7. The highest BCUT2D eigenvalue weighted by molar-refractivity contribution is 5.54. The standard InChI is InChI=1S/C14H21N3/c1-13(2)10-14(13,15)11-6-5-7-16-12(11)17-8-3-4-9-17/h5-7H,3-4,8-10,15H2,1-2H3. The Morgan fingerprint density at radius 2 is 1.94 bits per heavy atom. The lowest BCUT2D eigenvalue weighted by Crippen LogP contribution is -2.30. The molecule has 1 aromatic heterocycles. The molecule has 1 unspecified atom stereocenters. The van der Waals surface area contributed by atoms with Crippen molar-refractivity contribution in [3.8, 4) is 0 Å². The van der Waals surface area contributed by atoms with Crippen LogP contribution < -0.4 is 10.6 Å². The molecule has 1 atom stereocenters. The smallest absolute Gasteiger partial charge is 0.133 e. The van der Waals surface area contributed by atoms with E-state index in [1.807, 2.05) is 12.3 Å². The molecule has 0 bridgehead atoms. The number of hydrogen-bond donors (Lipinski definition) is 1. The maximum absolute atomic E-state index is 6.55. The van der Waals surface area contributed by atoms with E-state index in [1.165, 1.54) is 18.4 Å². The summed E-state index contributed by atoms with van der Waals surface area (Å²) in [6.07, 6.45) is 5.50. The molecule has 0 aromatic carbocycles. The van der Waals surface area contributed by atoms with Crippen molar-refractivity contribution in [2.45, 2.75) is 38.6 Å². The fourth-order valence-corrected chi connectivity index (χ4v) is 3.04. The number of nitrogens with two attached hydrogens (primary N) is 1. The van der Waals surface area contributed by atoms with Crippen LogP contribution in [0.15, 0.2) is 18.3 Å². The van der Waals surface area contributed by atoms with E-state index in [9.17, 15) is 0 Å². The molecule has 1 saturated heterocycles. The van der Waals surface area contributed by atoms with Gasteiger partial charge in [0, 0.05) is 24.8 Å². The van der Waals surface area contributed by atoms with Crippen LogP contribution in [0.25, 0.3) is 0 Å². The van der Waals surface area contributed by atoms with Crippen molar-refractivity contribution < 1.29 is 0 Å². The molecule has 3 nitrogen and oxygen atoms in total. The van der Waals surface area contributed by atoms with Crippen molar-refractivity contribution >= 4 is 5.82 Å². The van der Waals surface area contributed by atoms with Crippen LogP contribution in [0.2, 0.25) is 0 Å². The summed E-state index contributed by atoms with van der Waals surface area (Å²) in [4.78, 5) is 6.97. The van der Waals surface area contributed by atoms with Crippen molar-refractivity contribution in [1.82, 2.24) is 4.98 Å². The van der Waals surface area contributed by atoms with Crippen molar-refractivity contribution in [3.05, 3.63) is 23.9 Å². The molecule has 92 valence electrons. The normalized spacial score (nSPS) is 30.6. The van der Waals surface area contributed by atoms with Gasteiger partial charge < -0.3 is 10.6 Å². The van der Waals surface area contributed by atoms with Gasteiger partial charge in [0.25, 0.3) is 0 Å². The Labute approximate surface area is 103 Å². The van der Waals surface area contributed by atoms with Crippen molar-refractivity contribution in [3.63, 3.8) is 0 Å². The molecule has 1 aliphatic heterocycles. The summed E-state index contributed by atoms with van der Waals surface area (Å²) in [6.45, 7) is 6.74. The molecule has 17 heavy (non-hydrogen) atoms. The first-order chi connectivity index (χ1) is 8.05. The van der Waals surface area contributed by atoms with Crippen LogP contribution in [0.5, 0.6) is 0 Å². The first-order valence-electron chi connectivity index (χ1n) is 6.54.